The van der Waals surface area contributed by atoms with E-state index in [0.29, 0.717) is 0 Å². The van der Waals surface area contributed by atoms with Gasteiger partial charge in [-0.1, -0.05) is 6.92 Å². The highest BCUT2D eigenvalue weighted by Crippen LogP contribution is 2.09. The molecule has 0 heterocycles. The Labute approximate surface area is 82.3 Å². The van der Waals surface area contributed by atoms with Crippen LogP contribution in [0.2, 0.25) is 0 Å². The molecule has 3 heteroatoms. The Hall–Kier alpha value is -0.120. The zero-order chi connectivity index (χ0) is 10.5. The van der Waals surface area contributed by atoms with Crippen molar-refractivity contribution in [2.45, 2.75) is 32.9 Å². The van der Waals surface area contributed by atoms with Crippen LogP contribution in [0.1, 0.15) is 27.2 Å². The van der Waals surface area contributed by atoms with E-state index in [1.54, 1.807) is 0 Å². The molecule has 0 aliphatic heterocycles. The fourth-order valence-electron chi connectivity index (χ4n) is 1.40. The average molecular weight is 188 g/mol. The lowest BCUT2D eigenvalue weighted by Gasteiger charge is -2.33. The highest BCUT2D eigenvalue weighted by molar-refractivity contribution is 4.68. The molecule has 0 aliphatic carbocycles. The number of hydrogen-bond donors (Lipinski definition) is 1. The topological polar surface area (TPSA) is 26.7 Å². The molecular weight excluding hydrogens is 164 g/mol. The van der Waals surface area contributed by atoms with Crippen LogP contribution >= 0.6 is 0 Å². The zero-order valence-electron chi connectivity index (χ0n) is 9.67. The summed E-state index contributed by atoms with van der Waals surface area (Å²) in [6, 6.07) is 0. The summed E-state index contributed by atoms with van der Waals surface area (Å²) in [5.41, 5.74) is -0.680. The highest BCUT2D eigenvalue weighted by Gasteiger charge is 2.20. The van der Waals surface area contributed by atoms with Crippen molar-refractivity contribution in [1.29, 1.82) is 0 Å². The molecule has 0 radical (unpaired) electrons. The number of nitrogens with zero attached hydrogens (tertiary/aromatic N) is 2. The van der Waals surface area contributed by atoms with Crippen LogP contribution in [0.4, 0.5) is 0 Å². The zero-order valence-corrected chi connectivity index (χ0v) is 9.67. The Bertz CT molecular complexity index is 129. The first-order valence-electron chi connectivity index (χ1n) is 5.00. The molecule has 0 aliphatic rings. The molecule has 0 atom stereocenters. The normalized spacial score (nSPS) is 12.9. The van der Waals surface area contributed by atoms with Crippen molar-refractivity contribution in [3.8, 4) is 0 Å². The minimum Gasteiger partial charge on any atom is -0.376 e. The maximum Gasteiger partial charge on any atom is 0.112 e. The molecule has 0 saturated heterocycles. The van der Waals surface area contributed by atoms with Gasteiger partial charge in [-0.05, 0) is 47.5 Å². The van der Waals surface area contributed by atoms with Gasteiger partial charge in [0.1, 0.15) is 5.72 Å². The van der Waals surface area contributed by atoms with Crippen LogP contribution < -0.4 is 0 Å². The maximum absolute atomic E-state index is 9.75. The summed E-state index contributed by atoms with van der Waals surface area (Å²) in [6.45, 7) is 8.69. The van der Waals surface area contributed by atoms with Crippen LogP contribution in [-0.4, -0.2) is 54.4 Å². The smallest absolute Gasteiger partial charge is 0.112 e. The van der Waals surface area contributed by atoms with Gasteiger partial charge in [-0.15, -0.1) is 0 Å². The summed E-state index contributed by atoms with van der Waals surface area (Å²) < 4.78 is 0. The number of aliphatic hydroxyl groups is 1. The molecule has 0 aromatic rings. The predicted octanol–water partition coefficient (Wildman–Crippen LogP) is 0.988. The van der Waals surface area contributed by atoms with Crippen molar-refractivity contribution in [2.75, 3.05) is 33.7 Å². The summed E-state index contributed by atoms with van der Waals surface area (Å²) >= 11 is 0. The van der Waals surface area contributed by atoms with Crippen LogP contribution in [0.5, 0.6) is 0 Å². The third-order valence-electron chi connectivity index (χ3n) is 2.19. The first kappa shape index (κ1) is 12.9. The van der Waals surface area contributed by atoms with Gasteiger partial charge in [0, 0.05) is 6.54 Å². The van der Waals surface area contributed by atoms with Crippen molar-refractivity contribution in [1.82, 2.24) is 9.80 Å². The minimum absolute atomic E-state index is 0.680. The Kier molecular flexibility index (Phi) is 5.53. The molecule has 0 unspecified atom stereocenters. The first-order valence-corrected chi connectivity index (χ1v) is 5.00. The molecule has 3 nitrogen and oxygen atoms in total. The van der Waals surface area contributed by atoms with Gasteiger partial charge in [-0.3, -0.25) is 4.90 Å². The molecule has 0 aromatic heterocycles. The largest absolute Gasteiger partial charge is 0.376 e. The van der Waals surface area contributed by atoms with E-state index in [2.05, 4.69) is 30.8 Å². The van der Waals surface area contributed by atoms with E-state index in [4.69, 9.17) is 0 Å². The third-order valence-corrected chi connectivity index (χ3v) is 2.19. The lowest BCUT2D eigenvalue weighted by atomic mass is 10.2. The molecule has 0 bridgehead atoms. The van der Waals surface area contributed by atoms with Gasteiger partial charge in [-0.2, -0.15) is 0 Å². The summed E-state index contributed by atoms with van der Waals surface area (Å²) in [4.78, 5) is 4.24. The Morgan fingerprint density at radius 1 is 1.15 bits per heavy atom. The lowest BCUT2D eigenvalue weighted by Crippen LogP contribution is -2.44. The van der Waals surface area contributed by atoms with Gasteiger partial charge >= 0.3 is 0 Å². The molecule has 0 fully saturated rings. The van der Waals surface area contributed by atoms with E-state index >= 15 is 0 Å². The van der Waals surface area contributed by atoms with Crippen LogP contribution in [0.25, 0.3) is 0 Å². The molecule has 1 N–H and O–H groups in total. The van der Waals surface area contributed by atoms with Crippen molar-refractivity contribution < 1.29 is 5.11 Å². The van der Waals surface area contributed by atoms with Crippen molar-refractivity contribution >= 4 is 0 Å². The molecule has 0 saturated carbocycles. The molecule has 80 valence electrons. The molecular formula is C10H24N2O. The monoisotopic (exact) mass is 188 g/mol. The van der Waals surface area contributed by atoms with Crippen molar-refractivity contribution in [2.24, 2.45) is 0 Å². The molecule has 0 aromatic carbocycles. The lowest BCUT2D eigenvalue weighted by molar-refractivity contribution is -0.0762. The Morgan fingerprint density at radius 2 is 1.69 bits per heavy atom. The van der Waals surface area contributed by atoms with Gasteiger partial charge in [0.2, 0.25) is 0 Å². The molecule has 0 amide bonds. The van der Waals surface area contributed by atoms with Gasteiger partial charge in [0.15, 0.2) is 0 Å². The third kappa shape index (κ3) is 6.02. The van der Waals surface area contributed by atoms with E-state index in [1.165, 1.54) is 0 Å². The summed E-state index contributed by atoms with van der Waals surface area (Å²) in [5, 5.41) is 9.75. The van der Waals surface area contributed by atoms with E-state index in [9.17, 15) is 5.11 Å². The Balaban J connectivity index is 3.73. The van der Waals surface area contributed by atoms with Gasteiger partial charge in [0.25, 0.3) is 0 Å². The second kappa shape index (κ2) is 5.58. The van der Waals surface area contributed by atoms with Gasteiger partial charge in [0.05, 0.1) is 0 Å². The van der Waals surface area contributed by atoms with Crippen LogP contribution in [0.15, 0.2) is 0 Å². The first-order chi connectivity index (χ1) is 5.88. The van der Waals surface area contributed by atoms with Gasteiger partial charge < -0.3 is 10.0 Å². The average Bonchev–Trinajstić information content (AvgIpc) is 1.95. The molecule has 13 heavy (non-hydrogen) atoms. The van der Waals surface area contributed by atoms with Gasteiger partial charge in [-0.25, -0.2) is 0 Å². The highest BCUT2D eigenvalue weighted by atomic mass is 16.3. The van der Waals surface area contributed by atoms with E-state index in [-0.39, 0.29) is 0 Å². The summed E-state index contributed by atoms with van der Waals surface area (Å²) in [5.74, 6) is 0. The predicted molar refractivity (Wildman–Crippen MR) is 56.7 cm³/mol. The van der Waals surface area contributed by atoms with Crippen molar-refractivity contribution in [3.63, 3.8) is 0 Å². The fraction of sp³-hybridized carbons (Fsp3) is 1.00. The Morgan fingerprint density at radius 3 is 2.00 bits per heavy atom. The fourth-order valence-corrected chi connectivity index (χ4v) is 1.40. The summed E-state index contributed by atoms with van der Waals surface area (Å²) in [6.07, 6.45) is 1.10. The quantitative estimate of drug-likeness (QED) is 0.630. The standard InChI is InChI=1S/C10H24N2O/c1-6-12(10(2,3)13)9-7-8-11(4)5/h13H,6-9H2,1-5H3. The maximum atomic E-state index is 9.75. The second-order valence-corrected chi connectivity index (χ2v) is 4.23. The SMILES string of the molecule is CCN(CCCN(C)C)C(C)(C)O. The van der Waals surface area contributed by atoms with E-state index in [0.717, 1.165) is 26.1 Å². The minimum atomic E-state index is -0.680. The van der Waals surface area contributed by atoms with E-state index in [1.807, 2.05) is 13.8 Å². The van der Waals surface area contributed by atoms with Crippen LogP contribution in [0.3, 0.4) is 0 Å². The number of rotatable bonds is 6. The van der Waals surface area contributed by atoms with Crippen LogP contribution in [0, 0.1) is 0 Å². The second-order valence-electron chi connectivity index (χ2n) is 4.23. The number of hydrogen-bond acceptors (Lipinski definition) is 3. The van der Waals surface area contributed by atoms with E-state index < -0.39 is 5.72 Å². The van der Waals surface area contributed by atoms with Crippen LogP contribution in [-0.2, 0) is 0 Å². The summed E-state index contributed by atoms with van der Waals surface area (Å²) in [7, 11) is 4.14. The molecule has 0 spiro atoms. The molecule has 0 rings (SSSR count). The van der Waals surface area contributed by atoms with Crippen molar-refractivity contribution in [3.05, 3.63) is 0 Å².